The highest BCUT2D eigenvalue weighted by atomic mass is 16.5. The Morgan fingerprint density at radius 1 is 1.33 bits per heavy atom. The number of ether oxygens (including phenoxy) is 1. The van der Waals surface area contributed by atoms with Crippen molar-refractivity contribution in [3.8, 4) is 0 Å². The molecule has 2 N–H and O–H groups in total. The van der Waals surface area contributed by atoms with Crippen molar-refractivity contribution in [2.75, 3.05) is 18.9 Å². The quantitative estimate of drug-likeness (QED) is 0.861. The van der Waals surface area contributed by atoms with Gasteiger partial charge in [0.2, 0.25) is 0 Å². The zero-order valence-electron chi connectivity index (χ0n) is 13.2. The number of anilines is 1. The smallest absolute Gasteiger partial charge is 0.0697 e. The number of nitrogens with two attached hydrogens (primary N) is 1. The summed E-state index contributed by atoms with van der Waals surface area (Å²) in [7, 11) is 0. The summed E-state index contributed by atoms with van der Waals surface area (Å²) in [5.41, 5.74) is 8.30. The van der Waals surface area contributed by atoms with Gasteiger partial charge in [-0.1, -0.05) is 31.9 Å². The highest BCUT2D eigenvalue weighted by Crippen LogP contribution is 2.41. The standard InChI is InChI=1S/C18H28N2O/c1-2-20(14-15-6-5-7-16(19)12-15)17-8-11-21-18(13-17)9-3-4-10-18/h5-7,12,17H,2-4,8-11,13-14,19H2,1H3. The van der Waals surface area contributed by atoms with Crippen LogP contribution in [0, 0.1) is 0 Å². The van der Waals surface area contributed by atoms with Gasteiger partial charge in [-0.2, -0.15) is 0 Å². The van der Waals surface area contributed by atoms with Crippen molar-refractivity contribution in [2.24, 2.45) is 0 Å². The fourth-order valence-corrected chi connectivity index (χ4v) is 4.11. The Hall–Kier alpha value is -1.06. The van der Waals surface area contributed by atoms with Gasteiger partial charge in [0.1, 0.15) is 0 Å². The Morgan fingerprint density at radius 3 is 2.86 bits per heavy atom. The second-order valence-corrected chi connectivity index (χ2v) is 6.69. The summed E-state index contributed by atoms with van der Waals surface area (Å²) in [5, 5.41) is 0. The molecule has 1 aliphatic heterocycles. The molecule has 2 fully saturated rings. The van der Waals surface area contributed by atoms with E-state index >= 15 is 0 Å². The van der Waals surface area contributed by atoms with E-state index in [1.807, 2.05) is 6.07 Å². The molecule has 1 aliphatic carbocycles. The molecule has 21 heavy (non-hydrogen) atoms. The Balaban J connectivity index is 1.67. The van der Waals surface area contributed by atoms with Gasteiger partial charge in [-0.3, -0.25) is 4.90 Å². The Bertz CT molecular complexity index is 468. The summed E-state index contributed by atoms with van der Waals surface area (Å²) in [4.78, 5) is 2.61. The van der Waals surface area contributed by atoms with Crippen molar-refractivity contribution in [3.05, 3.63) is 29.8 Å². The molecular formula is C18H28N2O. The van der Waals surface area contributed by atoms with Crippen LogP contribution in [0.2, 0.25) is 0 Å². The van der Waals surface area contributed by atoms with Crippen LogP contribution in [0.4, 0.5) is 5.69 Å². The van der Waals surface area contributed by atoms with E-state index in [1.165, 1.54) is 37.7 Å². The zero-order valence-corrected chi connectivity index (χ0v) is 13.2. The molecule has 1 saturated carbocycles. The molecule has 1 spiro atoms. The topological polar surface area (TPSA) is 38.5 Å². The van der Waals surface area contributed by atoms with Gasteiger partial charge in [-0.05, 0) is 49.9 Å². The predicted molar refractivity (Wildman–Crippen MR) is 87.1 cm³/mol. The maximum Gasteiger partial charge on any atom is 0.0697 e. The summed E-state index contributed by atoms with van der Waals surface area (Å²) in [6.45, 7) is 5.29. The van der Waals surface area contributed by atoms with Gasteiger partial charge in [0.25, 0.3) is 0 Å². The first-order valence-electron chi connectivity index (χ1n) is 8.43. The highest BCUT2D eigenvalue weighted by Gasteiger charge is 2.41. The molecule has 3 rings (SSSR count). The normalized spacial score (nSPS) is 24.8. The molecular weight excluding hydrogens is 260 g/mol. The minimum atomic E-state index is 0.200. The van der Waals surface area contributed by atoms with Crippen molar-refractivity contribution in [3.63, 3.8) is 0 Å². The predicted octanol–water partition coefficient (Wildman–Crippen LogP) is 3.58. The van der Waals surface area contributed by atoms with Gasteiger partial charge in [0, 0.05) is 24.9 Å². The summed E-state index contributed by atoms with van der Waals surface area (Å²) in [6, 6.07) is 8.96. The molecule has 1 saturated heterocycles. The lowest BCUT2D eigenvalue weighted by molar-refractivity contribution is -0.102. The minimum absolute atomic E-state index is 0.200. The van der Waals surface area contributed by atoms with Crippen LogP contribution in [-0.2, 0) is 11.3 Å². The third-order valence-electron chi connectivity index (χ3n) is 5.24. The second-order valence-electron chi connectivity index (χ2n) is 6.69. The molecule has 0 aromatic heterocycles. The molecule has 1 heterocycles. The SMILES string of the molecule is CCN(Cc1cccc(N)c1)C1CCOC2(CCCC2)C1. The highest BCUT2D eigenvalue weighted by molar-refractivity contribution is 5.40. The summed E-state index contributed by atoms with van der Waals surface area (Å²) >= 11 is 0. The maximum atomic E-state index is 6.17. The van der Waals surface area contributed by atoms with E-state index in [4.69, 9.17) is 10.5 Å². The van der Waals surface area contributed by atoms with Gasteiger partial charge in [-0.25, -0.2) is 0 Å². The van der Waals surface area contributed by atoms with Crippen molar-refractivity contribution in [1.29, 1.82) is 0 Å². The fraction of sp³-hybridized carbons (Fsp3) is 0.667. The van der Waals surface area contributed by atoms with Gasteiger partial charge in [0.05, 0.1) is 5.60 Å². The molecule has 1 atom stereocenters. The second kappa shape index (κ2) is 6.37. The molecule has 0 bridgehead atoms. The largest absolute Gasteiger partial charge is 0.399 e. The van der Waals surface area contributed by atoms with Crippen molar-refractivity contribution >= 4 is 5.69 Å². The number of hydrogen-bond acceptors (Lipinski definition) is 3. The molecule has 1 aromatic carbocycles. The molecule has 3 nitrogen and oxygen atoms in total. The van der Waals surface area contributed by atoms with E-state index in [2.05, 4.69) is 30.0 Å². The van der Waals surface area contributed by atoms with Crippen LogP contribution in [0.15, 0.2) is 24.3 Å². The zero-order chi connectivity index (χ0) is 14.7. The third kappa shape index (κ3) is 3.41. The summed E-state index contributed by atoms with van der Waals surface area (Å²) < 4.78 is 6.17. The van der Waals surface area contributed by atoms with E-state index in [-0.39, 0.29) is 5.60 Å². The van der Waals surface area contributed by atoms with Crippen molar-refractivity contribution in [1.82, 2.24) is 4.90 Å². The number of nitrogen functional groups attached to an aromatic ring is 1. The maximum absolute atomic E-state index is 6.17. The summed E-state index contributed by atoms with van der Waals surface area (Å²) in [5.74, 6) is 0. The molecule has 1 aromatic rings. The third-order valence-corrected chi connectivity index (χ3v) is 5.24. The number of nitrogens with zero attached hydrogens (tertiary/aromatic N) is 1. The van der Waals surface area contributed by atoms with E-state index < -0.39 is 0 Å². The number of rotatable bonds is 4. The van der Waals surface area contributed by atoms with Crippen LogP contribution < -0.4 is 5.73 Å². The van der Waals surface area contributed by atoms with E-state index in [0.29, 0.717) is 6.04 Å². The molecule has 2 aliphatic rings. The fourth-order valence-electron chi connectivity index (χ4n) is 4.11. The van der Waals surface area contributed by atoms with Gasteiger partial charge >= 0.3 is 0 Å². The first-order chi connectivity index (χ1) is 10.2. The van der Waals surface area contributed by atoms with Crippen LogP contribution in [-0.4, -0.2) is 29.7 Å². The van der Waals surface area contributed by atoms with Crippen LogP contribution >= 0.6 is 0 Å². The van der Waals surface area contributed by atoms with E-state index in [9.17, 15) is 0 Å². The minimum Gasteiger partial charge on any atom is -0.399 e. The van der Waals surface area contributed by atoms with Crippen molar-refractivity contribution in [2.45, 2.75) is 63.6 Å². The molecule has 3 heteroatoms. The van der Waals surface area contributed by atoms with Gasteiger partial charge in [-0.15, -0.1) is 0 Å². The molecule has 0 radical (unpaired) electrons. The average Bonchev–Trinajstić information content (AvgIpc) is 2.92. The monoisotopic (exact) mass is 288 g/mol. The van der Waals surface area contributed by atoms with E-state index in [0.717, 1.165) is 31.8 Å². The molecule has 1 unspecified atom stereocenters. The first-order valence-corrected chi connectivity index (χ1v) is 8.43. The lowest BCUT2D eigenvalue weighted by atomic mass is 9.88. The summed E-state index contributed by atoms with van der Waals surface area (Å²) in [6.07, 6.45) is 7.59. The number of benzene rings is 1. The molecule has 116 valence electrons. The van der Waals surface area contributed by atoms with Crippen molar-refractivity contribution < 1.29 is 4.74 Å². The Morgan fingerprint density at radius 2 is 2.14 bits per heavy atom. The number of hydrogen-bond donors (Lipinski definition) is 1. The van der Waals surface area contributed by atoms with Crippen LogP contribution in [0.1, 0.15) is 51.0 Å². The molecule has 0 amide bonds. The average molecular weight is 288 g/mol. The van der Waals surface area contributed by atoms with Crippen LogP contribution in [0.3, 0.4) is 0 Å². The Kier molecular flexibility index (Phi) is 4.51. The van der Waals surface area contributed by atoms with Gasteiger partial charge < -0.3 is 10.5 Å². The van der Waals surface area contributed by atoms with Gasteiger partial charge in [0.15, 0.2) is 0 Å². The van der Waals surface area contributed by atoms with E-state index in [1.54, 1.807) is 0 Å². The van der Waals surface area contributed by atoms with Crippen LogP contribution in [0.5, 0.6) is 0 Å². The lowest BCUT2D eigenvalue weighted by Crippen LogP contribution is -2.47. The Labute approximate surface area is 128 Å². The first kappa shape index (κ1) is 14.9. The van der Waals surface area contributed by atoms with Crippen LogP contribution in [0.25, 0.3) is 0 Å². The lowest BCUT2D eigenvalue weighted by Gasteiger charge is -2.43.